The molecule has 1 aromatic carbocycles. The zero-order chi connectivity index (χ0) is 25.4. The molecule has 1 unspecified atom stereocenters. The summed E-state index contributed by atoms with van der Waals surface area (Å²) in [6.45, 7) is 3.17. The minimum Gasteiger partial charge on any atom is -0.465 e. The molecule has 9 heteroatoms. The fourth-order valence-electron chi connectivity index (χ4n) is 5.08. The Labute approximate surface area is 213 Å². The van der Waals surface area contributed by atoms with Gasteiger partial charge in [-0.05, 0) is 43.9 Å². The summed E-state index contributed by atoms with van der Waals surface area (Å²) in [7, 11) is 3.34. The van der Waals surface area contributed by atoms with Gasteiger partial charge in [0.2, 0.25) is 0 Å². The number of carbonyl (C=O) groups is 3. The van der Waals surface area contributed by atoms with Crippen LogP contribution in [0.3, 0.4) is 0 Å². The van der Waals surface area contributed by atoms with E-state index < -0.39 is 24.5 Å². The molecule has 188 valence electrons. The molecule has 36 heavy (non-hydrogen) atoms. The first-order chi connectivity index (χ1) is 17.4. The van der Waals surface area contributed by atoms with Gasteiger partial charge >= 0.3 is 11.9 Å². The lowest BCUT2D eigenvalue weighted by Crippen LogP contribution is -2.30. The number of thiophene rings is 1. The second-order valence-corrected chi connectivity index (χ2v) is 10.7. The Balaban J connectivity index is 1.37. The number of carbonyl (C=O) groups excluding carboxylic acids is 3. The zero-order valence-electron chi connectivity index (χ0n) is 20.7. The summed E-state index contributed by atoms with van der Waals surface area (Å²) in [5.74, 6) is -0.994. The minimum atomic E-state index is -0.553. The van der Waals surface area contributed by atoms with Crippen molar-refractivity contribution in [2.45, 2.75) is 39.2 Å². The van der Waals surface area contributed by atoms with Crippen LogP contribution in [-0.2, 0) is 40.1 Å². The average molecular weight is 508 g/mol. The Morgan fingerprint density at radius 1 is 1.14 bits per heavy atom. The Bertz CT molecular complexity index is 1370. The van der Waals surface area contributed by atoms with E-state index in [-0.39, 0.29) is 0 Å². The maximum atomic E-state index is 13.3. The number of fused-ring (bicyclic) bond motifs is 3. The lowest BCUT2D eigenvalue weighted by molar-refractivity contribution is -0.119. The molecule has 0 bridgehead atoms. The number of hydrogen-bond acceptors (Lipinski definition) is 8. The van der Waals surface area contributed by atoms with Crippen molar-refractivity contribution in [1.82, 2.24) is 9.88 Å². The summed E-state index contributed by atoms with van der Waals surface area (Å²) in [6.07, 6.45) is 3.37. The van der Waals surface area contributed by atoms with Gasteiger partial charge in [-0.2, -0.15) is 0 Å². The van der Waals surface area contributed by atoms with Crippen molar-refractivity contribution < 1.29 is 23.9 Å². The van der Waals surface area contributed by atoms with E-state index in [1.165, 1.54) is 18.4 Å². The summed E-state index contributed by atoms with van der Waals surface area (Å²) in [5, 5.41) is 3.96. The second kappa shape index (κ2) is 9.99. The van der Waals surface area contributed by atoms with Crippen molar-refractivity contribution in [3.05, 3.63) is 57.1 Å². The van der Waals surface area contributed by atoms with E-state index in [1.54, 1.807) is 0 Å². The number of nitrogens with zero attached hydrogens (tertiary/aromatic N) is 2. The van der Waals surface area contributed by atoms with Gasteiger partial charge in [-0.15, -0.1) is 11.3 Å². The largest absolute Gasteiger partial charge is 0.465 e. The molecule has 0 saturated heterocycles. The van der Waals surface area contributed by atoms with E-state index in [4.69, 9.17) is 14.5 Å². The van der Waals surface area contributed by atoms with Crippen LogP contribution in [0.15, 0.2) is 24.3 Å². The van der Waals surface area contributed by atoms with Gasteiger partial charge in [0.05, 0.1) is 23.8 Å². The molecule has 8 nitrogen and oxygen atoms in total. The average Bonchev–Trinajstić information content (AvgIpc) is 3.22. The van der Waals surface area contributed by atoms with Crippen LogP contribution >= 0.6 is 11.3 Å². The molecular weight excluding hydrogens is 478 g/mol. The highest BCUT2D eigenvalue weighted by Crippen LogP contribution is 2.40. The Morgan fingerprint density at radius 2 is 1.94 bits per heavy atom. The molecule has 2 aliphatic rings. The number of methoxy groups -OCH3 is 1. The van der Waals surface area contributed by atoms with Crippen LogP contribution in [0.1, 0.15) is 55.8 Å². The summed E-state index contributed by atoms with van der Waals surface area (Å²) < 4.78 is 10.5. The van der Waals surface area contributed by atoms with E-state index in [9.17, 15) is 14.4 Å². The van der Waals surface area contributed by atoms with Crippen LogP contribution in [0.2, 0.25) is 0 Å². The summed E-state index contributed by atoms with van der Waals surface area (Å²) in [6, 6.07) is 7.48. The number of nitrogens with one attached hydrogen (secondary N) is 1. The molecule has 0 spiro atoms. The van der Waals surface area contributed by atoms with Crippen LogP contribution in [0, 0.1) is 5.92 Å². The molecule has 0 saturated carbocycles. The number of anilines is 1. The fraction of sp³-hybridized carbons (Fsp3) is 0.407. The zero-order valence-corrected chi connectivity index (χ0v) is 21.5. The van der Waals surface area contributed by atoms with Crippen LogP contribution in [0.4, 0.5) is 5.00 Å². The number of aromatic nitrogens is 1. The van der Waals surface area contributed by atoms with Crippen molar-refractivity contribution in [3.8, 4) is 0 Å². The maximum Gasteiger partial charge on any atom is 0.341 e. The molecule has 1 amide bonds. The van der Waals surface area contributed by atoms with Gasteiger partial charge in [0.15, 0.2) is 6.61 Å². The number of benzene rings is 1. The summed E-state index contributed by atoms with van der Waals surface area (Å²) in [4.78, 5) is 46.6. The van der Waals surface area contributed by atoms with Crippen LogP contribution in [0.25, 0.3) is 10.9 Å². The molecule has 1 N–H and O–H groups in total. The minimum absolute atomic E-state index is 0.418. The number of amides is 1. The quantitative estimate of drug-likeness (QED) is 0.522. The molecule has 2 aromatic heterocycles. The van der Waals surface area contributed by atoms with Crippen LogP contribution < -0.4 is 5.32 Å². The molecule has 1 aliphatic heterocycles. The number of rotatable bonds is 5. The number of likely N-dealkylation sites (N-methyl/N-ethyl adjacent to an activating group) is 1. The molecular formula is C27H29N3O5S. The van der Waals surface area contributed by atoms with Crippen molar-refractivity contribution in [1.29, 1.82) is 0 Å². The standard InChI is InChI=1S/C27H29N3O5S/c1-15-8-9-17-21(12-15)36-25(24(17)26(32)34-3)29-22(31)14-35-27(33)23-16-6-4-5-7-19(16)28-20-10-11-30(2)13-18(20)23/h4-7,15H,8-14H2,1-3H3,(H,29,31). The van der Waals surface area contributed by atoms with Crippen molar-refractivity contribution in [2.24, 2.45) is 5.92 Å². The second-order valence-electron chi connectivity index (χ2n) is 9.59. The predicted molar refractivity (Wildman–Crippen MR) is 138 cm³/mol. The molecule has 1 atom stereocenters. The number of para-hydroxylation sites is 1. The highest BCUT2D eigenvalue weighted by atomic mass is 32.1. The third-order valence-electron chi connectivity index (χ3n) is 6.93. The van der Waals surface area contributed by atoms with Crippen LogP contribution in [0.5, 0.6) is 0 Å². The number of esters is 2. The fourth-order valence-corrected chi connectivity index (χ4v) is 6.50. The van der Waals surface area contributed by atoms with E-state index in [0.29, 0.717) is 34.0 Å². The van der Waals surface area contributed by atoms with Gasteiger partial charge in [-0.25, -0.2) is 9.59 Å². The number of ether oxygens (including phenoxy) is 2. The molecule has 1 aliphatic carbocycles. The normalized spacial score (nSPS) is 17.2. The maximum absolute atomic E-state index is 13.3. The first kappa shape index (κ1) is 24.4. The van der Waals surface area contributed by atoms with Gasteiger partial charge in [0.1, 0.15) is 5.00 Å². The molecule has 3 heterocycles. The lowest BCUT2D eigenvalue weighted by atomic mass is 9.88. The lowest BCUT2D eigenvalue weighted by Gasteiger charge is -2.26. The first-order valence-electron chi connectivity index (χ1n) is 12.1. The van der Waals surface area contributed by atoms with Crippen molar-refractivity contribution >= 4 is 45.1 Å². The third-order valence-corrected chi connectivity index (χ3v) is 8.10. The molecule has 0 radical (unpaired) electrons. The first-order valence-corrected chi connectivity index (χ1v) is 13.0. The van der Waals surface area contributed by atoms with Crippen molar-refractivity contribution in [3.63, 3.8) is 0 Å². The molecule has 5 rings (SSSR count). The molecule has 3 aromatic rings. The SMILES string of the molecule is COC(=O)c1c(NC(=O)COC(=O)c2c3c(nc4ccccc24)CCN(C)C3)sc2c1CCC(C)C2. The third kappa shape index (κ3) is 4.60. The van der Waals surface area contributed by atoms with Crippen LogP contribution in [-0.4, -0.2) is 55.0 Å². The Hall–Kier alpha value is -3.30. The number of pyridine rings is 1. The predicted octanol–water partition coefficient (Wildman–Crippen LogP) is 3.99. The Kier molecular flexibility index (Phi) is 6.77. The van der Waals surface area contributed by atoms with Crippen molar-refractivity contribution in [2.75, 3.05) is 32.6 Å². The highest BCUT2D eigenvalue weighted by Gasteiger charge is 2.30. The number of hydrogen-bond donors (Lipinski definition) is 1. The smallest absolute Gasteiger partial charge is 0.341 e. The van der Waals surface area contributed by atoms with Gasteiger partial charge in [-0.1, -0.05) is 25.1 Å². The molecule has 0 fully saturated rings. The van der Waals surface area contributed by atoms with E-state index in [2.05, 4.69) is 17.1 Å². The Morgan fingerprint density at radius 3 is 2.75 bits per heavy atom. The van der Waals surface area contributed by atoms with Gasteiger partial charge in [0, 0.05) is 41.0 Å². The monoisotopic (exact) mass is 507 g/mol. The highest BCUT2D eigenvalue weighted by molar-refractivity contribution is 7.17. The topological polar surface area (TPSA) is 97.8 Å². The van der Waals surface area contributed by atoms with E-state index >= 15 is 0 Å². The van der Waals surface area contributed by atoms with Gasteiger partial charge < -0.3 is 19.7 Å². The van der Waals surface area contributed by atoms with Gasteiger partial charge in [0.25, 0.3) is 5.91 Å². The van der Waals surface area contributed by atoms with E-state index in [0.717, 1.165) is 59.4 Å². The summed E-state index contributed by atoms with van der Waals surface area (Å²) in [5.41, 5.74) is 4.31. The van der Waals surface area contributed by atoms with E-state index in [1.807, 2.05) is 31.3 Å². The van der Waals surface area contributed by atoms with Gasteiger partial charge in [-0.3, -0.25) is 9.78 Å². The summed E-state index contributed by atoms with van der Waals surface area (Å²) >= 11 is 1.40.